The summed E-state index contributed by atoms with van der Waals surface area (Å²) in [5, 5.41) is 2.81. The predicted octanol–water partition coefficient (Wildman–Crippen LogP) is 2.27. The zero-order valence-corrected chi connectivity index (χ0v) is 14.9. The van der Waals surface area contributed by atoms with Crippen LogP contribution in [0.15, 0.2) is 48.5 Å². The Hall–Kier alpha value is -3.15. The van der Waals surface area contributed by atoms with Gasteiger partial charge < -0.3 is 10.1 Å². The van der Waals surface area contributed by atoms with E-state index < -0.39 is 30.0 Å². The number of benzene rings is 2. The largest absolute Gasteiger partial charge is 0.468 e. The zero-order valence-electron chi connectivity index (χ0n) is 14.9. The van der Waals surface area contributed by atoms with Crippen molar-refractivity contribution in [3.63, 3.8) is 0 Å². The van der Waals surface area contributed by atoms with Gasteiger partial charge in [-0.1, -0.05) is 48.5 Å². The molecular weight excluding hydrogens is 332 g/mol. The third-order valence-electron chi connectivity index (χ3n) is 4.77. The highest BCUT2D eigenvalue weighted by Gasteiger charge is 2.54. The summed E-state index contributed by atoms with van der Waals surface area (Å²) in [7, 11) is 1.22. The molecule has 1 N–H and O–H groups in total. The van der Waals surface area contributed by atoms with Crippen LogP contribution >= 0.6 is 0 Å². The van der Waals surface area contributed by atoms with Crippen LogP contribution in [0.2, 0.25) is 0 Å². The molecule has 1 atom stereocenters. The van der Waals surface area contributed by atoms with E-state index in [0.29, 0.717) is 11.1 Å². The van der Waals surface area contributed by atoms with Gasteiger partial charge in [0.25, 0.3) is 5.91 Å². The molecule has 6 nitrogen and oxygen atoms in total. The first-order chi connectivity index (χ1) is 12.4. The molecule has 26 heavy (non-hydrogen) atoms. The summed E-state index contributed by atoms with van der Waals surface area (Å²) in [6, 6.07) is 14.0. The molecule has 1 saturated heterocycles. The monoisotopic (exact) mass is 352 g/mol. The SMILES string of the molecule is COC(=O)CN1C(=O)N[C@@](c2ccccc2)(c2ccc(C)c(C)c2)C1=O. The number of nitrogens with zero attached hydrogens (tertiary/aromatic N) is 1. The van der Waals surface area contributed by atoms with Gasteiger partial charge in [0, 0.05) is 0 Å². The van der Waals surface area contributed by atoms with Crippen LogP contribution in [0.5, 0.6) is 0 Å². The number of carbonyl (C=O) groups excluding carboxylic acids is 3. The maximum absolute atomic E-state index is 13.3. The summed E-state index contributed by atoms with van der Waals surface area (Å²) in [4.78, 5) is 38.4. The lowest BCUT2D eigenvalue weighted by atomic mass is 9.81. The van der Waals surface area contributed by atoms with Crippen LogP contribution in [-0.2, 0) is 19.9 Å². The minimum Gasteiger partial charge on any atom is -0.468 e. The topological polar surface area (TPSA) is 75.7 Å². The summed E-state index contributed by atoms with van der Waals surface area (Å²) >= 11 is 0. The van der Waals surface area contributed by atoms with Crippen LogP contribution in [0, 0.1) is 13.8 Å². The highest BCUT2D eigenvalue weighted by Crippen LogP contribution is 2.36. The number of esters is 1. The molecule has 0 aromatic heterocycles. The maximum Gasteiger partial charge on any atom is 0.326 e. The number of hydrogen-bond acceptors (Lipinski definition) is 4. The molecule has 1 aliphatic rings. The van der Waals surface area contributed by atoms with Crippen molar-refractivity contribution < 1.29 is 19.1 Å². The van der Waals surface area contributed by atoms with E-state index >= 15 is 0 Å². The summed E-state index contributed by atoms with van der Waals surface area (Å²) < 4.78 is 4.61. The fraction of sp³-hybridized carbons (Fsp3) is 0.250. The fourth-order valence-corrected chi connectivity index (χ4v) is 3.13. The minimum absolute atomic E-state index is 0.430. The number of nitrogens with one attached hydrogen (secondary N) is 1. The Labute approximate surface area is 151 Å². The number of rotatable bonds is 4. The van der Waals surface area contributed by atoms with E-state index in [-0.39, 0.29) is 0 Å². The van der Waals surface area contributed by atoms with Gasteiger partial charge in [-0.3, -0.25) is 14.5 Å². The van der Waals surface area contributed by atoms with Crippen LogP contribution in [0.3, 0.4) is 0 Å². The molecule has 1 heterocycles. The lowest BCUT2D eigenvalue weighted by Gasteiger charge is -2.28. The maximum atomic E-state index is 13.3. The van der Waals surface area contributed by atoms with E-state index in [4.69, 9.17) is 0 Å². The van der Waals surface area contributed by atoms with Crippen molar-refractivity contribution >= 4 is 17.9 Å². The summed E-state index contributed by atoms with van der Waals surface area (Å²) in [6.07, 6.45) is 0. The zero-order chi connectivity index (χ0) is 18.9. The lowest BCUT2D eigenvalue weighted by molar-refractivity contribution is -0.145. The van der Waals surface area contributed by atoms with Crippen molar-refractivity contribution in [2.75, 3.05) is 13.7 Å². The second-order valence-electron chi connectivity index (χ2n) is 6.31. The molecule has 134 valence electrons. The van der Waals surface area contributed by atoms with Crippen LogP contribution in [0.25, 0.3) is 0 Å². The summed E-state index contributed by atoms with van der Waals surface area (Å²) in [5.41, 5.74) is 2.00. The van der Waals surface area contributed by atoms with E-state index in [0.717, 1.165) is 16.0 Å². The number of imide groups is 1. The van der Waals surface area contributed by atoms with Gasteiger partial charge in [0.05, 0.1) is 7.11 Å². The average molecular weight is 352 g/mol. The van der Waals surface area contributed by atoms with Gasteiger partial charge in [-0.05, 0) is 36.1 Å². The standard InChI is InChI=1S/C20H20N2O4/c1-13-9-10-16(11-14(13)2)20(15-7-5-4-6-8-15)18(24)22(19(25)21-20)12-17(23)26-3/h4-11H,12H2,1-3H3,(H,21,25)/t20-/m0/s1. The highest BCUT2D eigenvalue weighted by molar-refractivity contribution is 6.11. The molecule has 2 aromatic rings. The number of hydrogen-bond donors (Lipinski definition) is 1. The summed E-state index contributed by atoms with van der Waals surface area (Å²) in [5.74, 6) is -1.15. The molecule has 1 aliphatic heterocycles. The molecule has 3 amide bonds. The number of urea groups is 1. The first-order valence-corrected chi connectivity index (χ1v) is 8.24. The van der Waals surface area contributed by atoms with Gasteiger partial charge in [0.2, 0.25) is 0 Å². The van der Waals surface area contributed by atoms with Crippen LogP contribution in [-0.4, -0.2) is 36.5 Å². The van der Waals surface area contributed by atoms with Gasteiger partial charge in [-0.15, -0.1) is 0 Å². The predicted molar refractivity (Wildman–Crippen MR) is 95.4 cm³/mol. The normalized spacial score (nSPS) is 19.4. The second-order valence-corrected chi connectivity index (χ2v) is 6.31. The van der Waals surface area contributed by atoms with Gasteiger partial charge in [0.1, 0.15) is 6.54 Å². The van der Waals surface area contributed by atoms with E-state index in [9.17, 15) is 14.4 Å². The molecule has 2 aromatic carbocycles. The second kappa shape index (κ2) is 6.63. The summed E-state index contributed by atoms with van der Waals surface area (Å²) in [6.45, 7) is 3.50. The molecule has 0 unspecified atom stereocenters. The molecule has 1 fully saturated rings. The Morgan fingerprint density at radius 1 is 1.04 bits per heavy atom. The first-order valence-electron chi connectivity index (χ1n) is 8.24. The van der Waals surface area contributed by atoms with Gasteiger partial charge in [-0.25, -0.2) is 4.79 Å². The van der Waals surface area contributed by atoms with Crippen molar-refractivity contribution in [2.45, 2.75) is 19.4 Å². The van der Waals surface area contributed by atoms with Gasteiger partial charge in [0.15, 0.2) is 5.54 Å². The average Bonchev–Trinajstić information content (AvgIpc) is 2.90. The van der Waals surface area contributed by atoms with E-state index in [1.165, 1.54) is 7.11 Å². The Kier molecular flexibility index (Phi) is 4.50. The first kappa shape index (κ1) is 17.7. The van der Waals surface area contributed by atoms with Crippen molar-refractivity contribution in [1.82, 2.24) is 10.2 Å². The lowest BCUT2D eigenvalue weighted by Crippen LogP contribution is -2.45. The number of carbonyl (C=O) groups is 3. The minimum atomic E-state index is -1.37. The van der Waals surface area contributed by atoms with Crippen molar-refractivity contribution in [2.24, 2.45) is 0 Å². The van der Waals surface area contributed by atoms with E-state index in [2.05, 4.69) is 10.1 Å². The van der Waals surface area contributed by atoms with Crippen LogP contribution in [0.4, 0.5) is 4.79 Å². The quantitative estimate of drug-likeness (QED) is 0.677. The molecule has 0 bridgehead atoms. The molecule has 3 rings (SSSR count). The molecular formula is C20H20N2O4. The van der Waals surface area contributed by atoms with E-state index in [1.54, 1.807) is 24.3 Å². The van der Waals surface area contributed by atoms with Gasteiger partial charge in [-0.2, -0.15) is 0 Å². The van der Waals surface area contributed by atoms with Crippen LogP contribution < -0.4 is 5.32 Å². The Balaban J connectivity index is 2.17. The number of aryl methyl sites for hydroxylation is 2. The molecule has 0 spiro atoms. The Morgan fingerprint density at radius 3 is 2.35 bits per heavy atom. The van der Waals surface area contributed by atoms with Crippen molar-refractivity contribution in [3.05, 3.63) is 70.8 Å². The number of ether oxygens (including phenoxy) is 1. The Bertz CT molecular complexity index is 879. The van der Waals surface area contributed by atoms with Crippen LogP contribution in [0.1, 0.15) is 22.3 Å². The van der Waals surface area contributed by atoms with Gasteiger partial charge >= 0.3 is 12.0 Å². The number of amides is 3. The number of methoxy groups -OCH3 is 1. The molecule has 0 radical (unpaired) electrons. The molecule has 6 heteroatoms. The van der Waals surface area contributed by atoms with E-state index in [1.807, 2.05) is 38.1 Å². The smallest absolute Gasteiger partial charge is 0.326 e. The third-order valence-corrected chi connectivity index (χ3v) is 4.77. The fourth-order valence-electron chi connectivity index (χ4n) is 3.13. The third kappa shape index (κ3) is 2.73. The molecule has 0 saturated carbocycles. The van der Waals surface area contributed by atoms with Crippen molar-refractivity contribution in [1.29, 1.82) is 0 Å². The Morgan fingerprint density at radius 2 is 1.73 bits per heavy atom. The van der Waals surface area contributed by atoms with Crippen molar-refractivity contribution in [3.8, 4) is 0 Å². The molecule has 0 aliphatic carbocycles. The highest BCUT2D eigenvalue weighted by atomic mass is 16.5.